The van der Waals surface area contributed by atoms with Crippen molar-refractivity contribution in [3.8, 4) is 0 Å². The molecule has 1 aromatic rings. The quantitative estimate of drug-likeness (QED) is 0.423. The fourth-order valence-corrected chi connectivity index (χ4v) is 2.71. The Kier molecular flexibility index (Phi) is 5.00. The van der Waals surface area contributed by atoms with Gasteiger partial charge in [0.25, 0.3) is 0 Å². The van der Waals surface area contributed by atoms with E-state index < -0.39 is 47.0 Å². The number of carboxylic acid groups (broad SMARTS) is 2. The van der Waals surface area contributed by atoms with Gasteiger partial charge in [-0.2, -0.15) is 0 Å². The standard InChI is InChI=1S/C18H16N6O6/c1-5(17(27)28)7-3-21-9(7)13(25)11-15(19)24-12(16(20)23-11)14(26)10-8(4-22-10)6(2)18(29)30/h3-6H,1-2H3,(H2,20,23)(H2,19,24)(H,27,28)(H,29,30)/t5-,6?/m0/s1. The van der Waals surface area contributed by atoms with Crippen LogP contribution in [0.1, 0.15) is 34.8 Å². The molecule has 12 nitrogen and oxygen atoms in total. The van der Waals surface area contributed by atoms with E-state index in [0.717, 1.165) is 0 Å². The van der Waals surface area contributed by atoms with Crippen molar-refractivity contribution in [3.05, 3.63) is 34.9 Å². The van der Waals surface area contributed by atoms with Crippen LogP contribution in [0.3, 0.4) is 0 Å². The van der Waals surface area contributed by atoms with Crippen molar-refractivity contribution in [2.75, 3.05) is 11.5 Å². The van der Waals surface area contributed by atoms with Crippen molar-refractivity contribution in [3.63, 3.8) is 0 Å². The van der Waals surface area contributed by atoms with Gasteiger partial charge in [-0.25, -0.2) is 9.97 Å². The maximum absolute atomic E-state index is 12.7. The number of ketones is 2. The van der Waals surface area contributed by atoms with Crippen LogP contribution < -0.4 is 11.5 Å². The number of Topliss-reactive ketones (excluding diaryl/α,β-unsaturated/α-hetero) is 2. The lowest BCUT2D eigenvalue weighted by atomic mass is 9.90. The van der Waals surface area contributed by atoms with Gasteiger partial charge in [0.05, 0.1) is 11.8 Å². The van der Waals surface area contributed by atoms with E-state index >= 15 is 0 Å². The lowest BCUT2D eigenvalue weighted by Gasteiger charge is -2.20. The molecule has 1 aromatic heterocycles. The Morgan fingerprint density at radius 2 is 1.10 bits per heavy atom. The molecule has 0 bridgehead atoms. The van der Waals surface area contributed by atoms with E-state index in [1.807, 2.05) is 0 Å². The second-order valence-corrected chi connectivity index (χ2v) is 6.59. The van der Waals surface area contributed by atoms with E-state index in [4.69, 9.17) is 21.7 Å². The lowest BCUT2D eigenvalue weighted by molar-refractivity contribution is -0.140. The molecule has 154 valence electrons. The molecule has 1 unspecified atom stereocenters. The molecular weight excluding hydrogens is 396 g/mol. The predicted molar refractivity (Wildman–Crippen MR) is 104 cm³/mol. The van der Waals surface area contributed by atoms with Crippen molar-refractivity contribution in [2.24, 2.45) is 21.8 Å². The summed E-state index contributed by atoms with van der Waals surface area (Å²) in [6.07, 6.45) is 2.51. The number of hydrogen-bond donors (Lipinski definition) is 4. The van der Waals surface area contributed by atoms with E-state index in [1.165, 1.54) is 26.2 Å². The molecule has 12 heteroatoms. The maximum Gasteiger partial charge on any atom is 0.310 e. The normalized spacial score (nSPS) is 16.6. The molecule has 0 radical (unpaired) electrons. The zero-order chi connectivity index (χ0) is 22.3. The van der Waals surface area contributed by atoms with Crippen molar-refractivity contribution >= 4 is 46.6 Å². The van der Waals surface area contributed by atoms with E-state index in [0.29, 0.717) is 0 Å². The summed E-state index contributed by atoms with van der Waals surface area (Å²) in [5, 5.41) is 18.2. The van der Waals surface area contributed by atoms with Gasteiger partial charge in [0, 0.05) is 23.5 Å². The average Bonchev–Trinajstić information content (AvgIpc) is 2.60. The van der Waals surface area contributed by atoms with Gasteiger partial charge in [-0.3, -0.25) is 29.2 Å². The summed E-state index contributed by atoms with van der Waals surface area (Å²) in [6, 6.07) is 0. The highest BCUT2D eigenvalue weighted by molar-refractivity contribution is 6.55. The molecule has 0 amide bonds. The highest BCUT2D eigenvalue weighted by atomic mass is 16.4. The van der Waals surface area contributed by atoms with Gasteiger partial charge in [-0.1, -0.05) is 0 Å². The number of carbonyl (C=O) groups is 4. The monoisotopic (exact) mass is 412 g/mol. The SMILES string of the molecule is CC(C(=O)O)C1=CN=C1C(=O)c1nc(N)c(C(=O)C2=NC=C2[C@H](C)C(=O)O)nc1N. The summed E-state index contributed by atoms with van der Waals surface area (Å²) in [7, 11) is 0. The molecule has 0 aliphatic carbocycles. The molecule has 6 N–H and O–H groups in total. The smallest absolute Gasteiger partial charge is 0.310 e. The largest absolute Gasteiger partial charge is 0.481 e. The number of aromatic nitrogens is 2. The summed E-state index contributed by atoms with van der Waals surface area (Å²) in [5.41, 5.74) is 11.0. The predicted octanol–water partition coefficient (Wildman–Crippen LogP) is 0.125. The summed E-state index contributed by atoms with van der Waals surface area (Å²) >= 11 is 0. The Morgan fingerprint density at radius 3 is 1.33 bits per heavy atom. The van der Waals surface area contributed by atoms with Gasteiger partial charge < -0.3 is 21.7 Å². The third-order valence-electron chi connectivity index (χ3n) is 4.70. The first-order valence-electron chi connectivity index (χ1n) is 8.59. The molecule has 2 atom stereocenters. The number of nitrogen functional groups attached to an aromatic ring is 2. The van der Waals surface area contributed by atoms with E-state index in [9.17, 15) is 19.2 Å². The Hall–Kier alpha value is -4.22. The topological polar surface area (TPSA) is 211 Å². The van der Waals surface area contributed by atoms with Gasteiger partial charge >= 0.3 is 11.9 Å². The summed E-state index contributed by atoms with van der Waals surface area (Å²) in [5.74, 6) is -6.59. The van der Waals surface area contributed by atoms with Gasteiger partial charge in [0.15, 0.2) is 23.0 Å². The van der Waals surface area contributed by atoms with Gasteiger partial charge in [0.1, 0.15) is 11.4 Å². The van der Waals surface area contributed by atoms with Gasteiger partial charge in [-0.05, 0) is 13.8 Å². The molecular formula is C18H16N6O6. The number of aliphatic carboxylic acids is 2. The minimum absolute atomic E-state index is 0.131. The zero-order valence-electron chi connectivity index (χ0n) is 15.8. The summed E-state index contributed by atoms with van der Waals surface area (Å²) in [6.45, 7) is 2.79. The Bertz CT molecular complexity index is 1060. The van der Waals surface area contributed by atoms with Crippen molar-refractivity contribution in [1.29, 1.82) is 0 Å². The number of carboxylic acids is 2. The van der Waals surface area contributed by atoms with Crippen LogP contribution in [0.15, 0.2) is 33.5 Å². The molecule has 3 heterocycles. The van der Waals surface area contributed by atoms with E-state index in [2.05, 4.69) is 20.0 Å². The molecule has 2 aliphatic rings. The third-order valence-corrected chi connectivity index (χ3v) is 4.70. The average molecular weight is 412 g/mol. The van der Waals surface area contributed by atoms with E-state index in [-0.39, 0.29) is 34.0 Å². The number of carbonyl (C=O) groups excluding carboxylic acids is 2. The van der Waals surface area contributed by atoms with Crippen LogP contribution in [0, 0.1) is 11.8 Å². The number of hydrogen-bond acceptors (Lipinski definition) is 10. The van der Waals surface area contributed by atoms with Crippen LogP contribution in [0.4, 0.5) is 11.6 Å². The molecule has 3 rings (SSSR count). The number of anilines is 2. The Labute approximate surface area is 168 Å². The summed E-state index contributed by atoms with van der Waals surface area (Å²) < 4.78 is 0. The molecule has 0 saturated carbocycles. The second kappa shape index (κ2) is 7.31. The Morgan fingerprint density at radius 1 is 0.767 bits per heavy atom. The lowest BCUT2D eigenvalue weighted by Crippen LogP contribution is -2.32. The number of aliphatic imine (C=N–C) groups is 2. The van der Waals surface area contributed by atoms with Crippen LogP contribution >= 0.6 is 0 Å². The van der Waals surface area contributed by atoms with Crippen molar-refractivity contribution in [1.82, 2.24) is 9.97 Å². The second-order valence-electron chi connectivity index (χ2n) is 6.59. The van der Waals surface area contributed by atoms with Crippen LogP contribution in [0.25, 0.3) is 0 Å². The fourth-order valence-electron chi connectivity index (χ4n) is 2.71. The minimum atomic E-state index is -1.14. The van der Waals surface area contributed by atoms with Crippen LogP contribution in [0.2, 0.25) is 0 Å². The van der Waals surface area contributed by atoms with Gasteiger partial charge in [-0.15, -0.1) is 0 Å². The first-order valence-corrected chi connectivity index (χ1v) is 8.59. The number of rotatable bonds is 8. The maximum atomic E-state index is 12.7. The number of nitrogens with zero attached hydrogens (tertiary/aromatic N) is 4. The van der Waals surface area contributed by atoms with Crippen LogP contribution in [-0.2, 0) is 9.59 Å². The van der Waals surface area contributed by atoms with Crippen molar-refractivity contribution in [2.45, 2.75) is 13.8 Å². The third kappa shape index (κ3) is 3.23. The molecule has 0 aromatic carbocycles. The van der Waals surface area contributed by atoms with Crippen LogP contribution in [0.5, 0.6) is 0 Å². The highest BCUT2D eigenvalue weighted by Crippen LogP contribution is 2.27. The first-order chi connectivity index (χ1) is 14.0. The van der Waals surface area contributed by atoms with E-state index in [1.54, 1.807) is 0 Å². The molecule has 30 heavy (non-hydrogen) atoms. The molecule has 0 saturated heterocycles. The minimum Gasteiger partial charge on any atom is -0.481 e. The van der Waals surface area contributed by atoms with Crippen LogP contribution in [-0.4, -0.2) is 55.1 Å². The molecule has 0 fully saturated rings. The van der Waals surface area contributed by atoms with Crippen molar-refractivity contribution < 1.29 is 29.4 Å². The zero-order valence-corrected chi connectivity index (χ0v) is 15.8. The van der Waals surface area contributed by atoms with Gasteiger partial charge in [0.2, 0.25) is 11.6 Å². The molecule has 2 aliphatic heterocycles. The fraction of sp³-hybridized carbons (Fsp3) is 0.222. The highest BCUT2D eigenvalue weighted by Gasteiger charge is 2.35. The Balaban J connectivity index is 1.85. The summed E-state index contributed by atoms with van der Waals surface area (Å²) in [4.78, 5) is 62.8. The number of nitrogens with two attached hydrogens (primary N) is 2. The molecule has 0 spiro atoms. The first kappa shape index (κ1) is 20.5.